The predicted molar refractivity (Wildman–Crippen MR) is 81.8 cm³/mol. The zero-order valence-corrected chi connectivity index (χ0v) is 12.8. The first-order valence-corrected chi connectivity index (χ1v) is 7.97. The van der Waals surface area contributed by atoms with Crippen LogP contribution in [0.1, 0.15) is 41.5 Å². The number of carboxylic acid groups (broad SMARTS) is 1. The Hall–Kier alpha value is -2.01. The summed E-state index contributed by atoms with van der Waals surface area (Å²) in [5, 5.41) is 8.90. The normalized spacial score (nSPS) is 12.3. The van der Waals surface area contributed by atoms with Crippen LogP contribution in [0.15, 0.2) is 47.4 Å². The Kier molecular flexibility index (Phi) is 4.85. The summed E-state index contributed by atoms with van der Waals surface area (Å²) in [4.78, 5) is 15.6. The Morgan fingerprint density at radius 2 is 1.86 bits per heavy atom. The third kappa shape index (κ3) is 3.98. The number of carboxylic acids is 1. The molecule has 0 saturated heterocycles. The Bertz CT molecular complexity index is 665. The lowest BCUT2D eigenvalue weighted by molar-refractivity contribution is 0.0690. The standard InChI is InChI=1S/C16H17NO3S/c1-11(2)12-6-8-14(9-7-12)21(20)10-13-4-3-5-15(17-13)16(18)19/h3-9,11H,10H2,1-2H3,(H,18,19). The van der Waals surface area contributed by atoms with E-state index in [0.717, 1.165) is 4.90 Å². The number of rotatable bonds is 5. The lowest BCUT2D eigenvalue weighted by Gasteiger charge is -2.07. The molecule has 0 radical (unpaired) electrons. The molecule has 1 aromatic heterocycles. The highest BCUT2D eigenvalue weighted by Gasteiger charge is 2.10. The number of aromatic carboxylic acids is 1. The van der Waals surface area contributed by atoms with E-state index < -0.39 is 16.8 Å². The van der Waals surface area contributed by atoms with Gasteiger partial charge in [-0.15, -0.1) is 0 Å². The predicted octanol–water partition coefficient (Wildman–Crippen LogP) is 3.21. The molecule has 0 aliphatic carbocycles. The monoisotopic (exact) mass is 303 g/mol. The van der Waals surface area contributed by atoms with Crippen LogP contribution in [-0.2, 0) is 16.6 Å². The van der Waals surface area contributed by atoms with Gasteiger partial charge in [0.25, 0.3) is 0 Å². The van der Waals surface area contributed by atoms with E-state index >= 15 is 0 Å². The van der Waals surface area contributed by atoms with Crippen LogP contribution in [0.25, 0.3) is 0 Å². The van der Waals surface area contributed by atoms with E-state index in [0.29, 0.717) is 11.6 Å². The van der Waals surface area contributed by atoms with Crippen LogP contribution in [0.2, 0.25) is 0 Å². The molecule has 0 aliphatic heterocycles. The molecule has 1 atom stereocenters. The average molecular weight is 303 g/mol. The van der Waals surface area contributed by atoms with Crippen molar-refractivity contribution in [3.63, 3.8) is 0 Å². The highest BCUT2D eigenvalue weighted by Crippen LogP contribution is 2.18. The maximum absolute atomic E-state index is 12.3. The molecular weight excluding hydrogens is 286 g/mol. The Balaban J connectivity index is 2.14. The van der Waals surface area contributed by atoms with E-state index in [1.165, 1.54) is 11.6 Å². The van der Waals surface area contributed by atoms with Crippen molar-refractivity contribution in [1.82, 2.24) is 4.98 Å². The number of hydrogen-bond acceptors (Lipinski definition) is 3. The van der Waals surface area contributed by atoms with E-state index in [1.54, 1.807) is 12.1 Å². The van der Waals surface area contributed by atoms with Gasteiger partial charge in [-0.2, -0.15) is 0 Å². The number of aromatic nitrogens is 1. The van der Waals surface area contributed by atoms with Gasteiger partial charge in [-0.3, -0.25) is 4.21 Å². The van der Waals surface area contributed by atoms with E-state index in [-0.39, 0.29) is 11.4 Å². The minimum atomic E-state index is -1.23. The zero-order valence-electron chi connectivity index (χ0n) is 11.9. The molecule has 2 aromatic rings. The summed E-state index contributed by atoms with van der Waals surface area (Å²) in [6.07, 6.45) is 0. The number of pyridine rings is 1. The molecule has 1 heterocycles. The molecule has 0 amide bonds. The lowest BCUT2D eigenvalue weighted by Crippen LogP contribution is -2.05. The van der Waals surface area contributed by atoms with Crippen molar-refractivity contribution in [3.8, 4) is 0 Å². The van der Waals surface area contributed by atoms with E-state index in [2.05, 4.69) is 18.8 Å². The molecular formula is C16H17NO3S. The summed E-state index contributed by atoms with van der Waals surface area (Å²) in [6, 6.07) is 12.4. The zero-order chi connectivity index (χ0) is 15.4. The summed E-state index contributed by atoms with van der Waals surface area (Å²) in [7, 11) is -1.23. The Labute approximate surface area is 126 Å². The molecule has 5 heteroatoms. The van der Waals surface area contributed by atoms with Gasteiger partial charge >= 0.3 is 5.97 Å². The van der Waals surface area contributed by atoms with Crippen LogP contribution in [0, 0.1) is 0 Å². The van der Waals surface area contributed by atoms with Crippen LogP contribution in [-0.4, -0.2) is 20.3 Å². The summed E-state index contributed by atoms with van der Waals surface area (Å²) in [6.45, 7) is 4.21. The quantitative estimate of drug-likeness (QED) is 0.921. The molecule has 0 saturated carbocycles. The van der Waals surface area contributed by atoms with Gasteiger partial charge in [-0.1, -0.05) is 32.0 Å². The van der Waals surface area contributed by atoms with Gasteiger partial charge < -0.3 is 5.11 Å². The molecule has 1 N–H and O–H groups in total. The number of carbonyl (C=O) groups is 1. The fourth-order valence-electron chi connectivity index (χ4n) is 1.90. The van der Waals surface area contributed by atoms with Gasteiger partial charge in [0.05, 0.1) is 22.2 Å². The van der Waals surface area contributed by atoms with Crippen molar-refractivity contribution in [2.75, 3.05) is 0 Å². The molecule has 1 unspecified atom stereocenters. The Morgan fingerprint density at radius 3 is 2.43 bits per heavy atom. The second-order valence-corrected chi connectivity index (χ2v) is 6.48. The minimum Gasteiger partial charge on any atom is -0.477 e. The van der Waals surface area contributed by atoms with Crippen LogP contribution in [0.3, 0.4) is 0 Å². The molecule has 110 valence electrons. The largest absolute Gasteiger partial charge is 0.477 e. The topological polar surface area (TPSA) is 67.3 Å². The first-order chi connectivity index (χ1) is 9.97. The van der Waals surface area contributed by atoms with Crippen LogP contribution in [0.4, 0.5) is 0 Å². The third-order valence-corrected chi connectivity index (χ3v) is 4.47. The summed E-state index contributed by atoms with van der Waals surface area (Å²) >= 11 is 0. The van der Waals surface area contributed by atoms with Gasteiger partial charge in [-0.05, 0) is 35.7 Å². The van der Waals surface area contributed by atoms with Gasteiger partial charge in [-0.25, -0.2) is 9.78 Å². The molecule has 1 aromatic carbocycles. The van der Waals surface area contributed by atoms with Crippen LogP contribution >= 0.6 is 0 Å². The molecule has 0 bridgehead atoms. The molecule has 0 aliphatic rings. The molecule has 4 nitrogen and oxygen atoms in total. The van der Waals surface area contributed by atoms with E-state index in [4.69, 9.17) is 5.11 Å². The first-order valence-electron chi connectivity index (χ1n) is 6.65. The Morgan fingerprint density at radius 1 is 1.19 bits per heavy atom. The van der Waals surface area contributed by atoms with E-state index in [9.17, 15) is 9.00 Å². The second-order valence-electron chi connectivity index (χ2n) is 5.03. The summed E-state index contributed by atoms with van der Waals surface area (Å²) < 4.78 is 12.3. The fourth-order valence-corrected chi connectivity index (χ4v) is 2.94. The van der Waals surface area contributed by atoms with Crippen molar-refractivity contribution in [2.45, 2.75) is 30.4 Å². The maximum atomic E-state index is 12.3. The van der Waals surface area contributed by atoms with Gasteiger partial charge in [0.2, 0.25) is 0 Å². The average Bonchev–Trinajstić information content (AvgIpc) is 2.47. The van der Waals surface area contributed by atoms with Crippen molar-refractivity contribution in [1.29, 1.82) is 0 Å². The van der Waals surface area contributed by atoms with Gasteiger partial charge in [0.1, 0.15) is 5.69 Å². The van der Waals surface area contributed by atoms with Crippen molar-refractivity contribution >= 4 is 16.8 Å². The van der Waals surface area contributed by atoms with Crippen LogP contribution < -0.4 is 0 Å². The summed E-state index contributed by atoms with van der Waals surface area (Å²) in [5.41, 5.74) is 1.68. The maximum Gasteiger partial charge on any atom is 0.354 e. The number of benzene rings is 1. The number of nitrogens with zero attached hydrogens (tertiary/aromatic N) is 1. The smallest absolute Gasteiger partial charge is 0.354 e. The molecule has 2 rings (SSSR count). The lowest BCUT2D eigenvalue weighted by atomic mass is 10.0. The van der Waals surface area contributed by atoms with Gasteiger partial charge in [0.15, 0.2) is 0 Å². The second kappa shape index (κ2) is 6.63. The molecule has 21 heavy (non-hydrogen) atoms. The third-order valence-electron chi connectivity index (χ3n) is 3.11. The number of hydrogen-bond donors (Lipinski definition) is 1. The first kappa shape index (κ1) is 15.4. The fraction of sp³-hybridized carbons (Fsp3) is 0.250. The van der Waals surface area contributed by atoms with Crippen molar-refractivity contribution in [3.05, 3.63) is 59.4 Å². The van der Waals surface area contributed by atoms with Crippen molar-refractivity contribution in [2.24, 2.45) is 0 Å². The SMILES string of the molecule is CC(C)c1ccc(S(=O)Cc2cccc(C(=O)O)n2)cc1. The van der Waals surface area contributed by atoms with Gasteiger partial charge in [0, 0.05) is 4.90 Å². The van der Waals surface area contributed by atoms with Crippen LogP contribution in [0.5, 0.6) is 0 Å². The van der Waals surface area contributed by atoms with Crippen molar-refractivity contribution < 1.29 is 14.1 Å². The highest BCUT2D eigenvalue weighted by atomic mass is 32.2. The molecule has 0 fully saturated rings. The van der Waals surface area contributed by atoms with E-state index in [1.807, 2.05) is 24.3 Å². The minimum absolute atomic E-state index is 0.0281. The molecule has 0 spiro atoms. The summed E-state index contributed by atoms with van der Waals surface area (Å²) in [5.74, 6) is -0.437. The highest BCUT2D eigenvalue weighted by molar-refractivity contribution is 7.84.